The monoisotopic (exact) mass is 256 g/mol. The molecule has 2 rings (SSSR count). The number of thioether (sulfide) groups is 1. The zero-order chi connectivity index (χ0) is 12.3. The summed E-state index contributed by atoms with van der Waals surface area (Å²) in [4.78, 5) is 11.0. The molecule has 3 N–H and O–H groups in total. The Morgan fingerprint density at radius 2 is 2.47 bits per heavy atom. The minimum atomic E-state index is -0.140. The first-order chi connectivity index (χ1) is 8.20. The Kier molecular flexibility index (Phi) is 3.95. The van der Waals surface area contributed by atoms with Gasteiger partial charge in [0, 0.05) is 11.7 Å². The lowest BCUT2D eigenvalue weighted by Gasteiger charge is -2.09. The van der Waals surface area contributed by atoms with Crippen LogP contribution in [0.4, 0.5) is 0 Å². The largest absolute Gasteiger partial charge is 0.294 e. The summed E-state index contributed by atoms with van der Waals surface area (Å²) in [5.74, 6) is 4.88. The van der Waals surface area contributed by atoms with Crippen molar-refractivity contribution in [3.05, 3.63) is 0 Å². The number of hydrazine groups is 1. The zero-order valence-electron chi connectivity index (χ0n) is 9.67. The summed E-state index contributed by atoms with van der Waals surface area (Å²) in [6.45, 7) is 2.06. The molecule has 7 nitrogen and oxygen atoms in total. The van der Waals surface area contributed by atoms with E-state index in [0.29, 0.717) is 12.5 Å². The molecule has 17 heavy (non-hydrogen) atoms. The molecule has 1 aliphatic rings. The normalized spacial score (nSPS) is 16.8. The van der Waals surface area contributed by atoms with E-state index in [0.717, 1.165) is 24.4 Å². The number of carbonyl (C=O) groups is 1. The van der Waals surface area contributed by atoms with Crippen LogP contribution in [0.25, 0.3) is 0 Å². The molecule has 1 aromatic rings. The molecular weight excluding hydrogens is 240 g/mol. The van der Waals surface area contributed by atoms with E-state index in [9.17, 15) is 4.79 Å². The van der Waals surface area contributed by atoms with Gasteiger partial charge in [0.1, 0.15) is 0 Å². The Labute approximate surface area is 103 Å². The molecule has 8 heteroatoms. The van der Waals surface area contributed by atoms with E-state index < -0.39 is 0 Å². The Morgan fingerprint density at radius 1 is 1.71 bits per heavy atom. The number of rotatable bonds is 6. The third-order valence-electron chi connectivity index (χ3n) is 2.60. The summed E-state index contributed by atoms with van der Waals surface area (Å²) in [5, 5.41) is 12.8. The number of nitrogens with two attached hydrogens (primary N) is 1. The lowest BCUT2D eigenvalue weighted by atomic mass is 10.2. The second-order valence-corrected chi connectivity index (χ2v) is 5.58. The SMILES string of the molecule is CC(CCC(=O)NN)Sc1nnnn1C1CC1. The number of nitrogens with zero attached hydrogens (tertiary/aromatic N) is 4. The lowest BCUT2D eigenvalue weighted by Crippen LogP contribution is -2.30. The minimum Gasteiger partial charge on any atom is -0.294 e. The fourth-order valence-electron chi connectivity index (χ4n) is 1.46. The highest BCUT2D eigenvalue weighted by Gasteiger charge is 2.28. The van der Waals surface area contributed by atoms with Crippen LogP contribution in [0.3, 0.4) is 0 Å². The highest BCUT2D eigenvalue weighted by molar-refractivity contribution is 7.99. The van der Waals surface area contributed by atoms with Crippen molar-refractivity contribution in [2.24, 2.45) is 5.84 Å². The van der Waals surface area contributed by atoms with E-state index in [1.807, 2.05) is 4.68 Å². The van der Waals surface area contributed by atoms with Gasteiger partial charge in [-0.3, -0.25) is 10.2 Å². The molecule has 1 amide bonds. The number of carbonyl (C=O) groups excluding carboxylic acids is 1. The molecule has 0 radical (unpaired) electrons. The maximum atomic E-state index is 11.0. The molecule has 1 atom stereocenters. The third kappa shape index (κ3) is 3.40. The van der Waals surface area contributed by atoms with Crippen molar-refractivity contribution in [2.45, 2.75) is 49.1 Å². The molecular formula is C9H16N6OS. The van der Waals surface area contributed by atoms with Gasteiger partial charge in [-0.05, 0) is 29.7 Å². The van der Waals surface area contributed by atoms with Crippen LogP contribution < -0.4 is 11.3 Å². The van der Waals surface area contributed by atoms with E-state index in [-0.39, 0.29) is 11.2 Å². The van der Waals surface area contributed by atoms with Gasteiger partial charge >= 0.3 is 0 Å². The summed E-state index contributed by atoms with van der Waals surface area (Å²) in [7, 11) is 0. The highest BCUT2D eigenvalue weighted by atomic mass is 32.2. The van der Waals surface area contributed by atoms with Gasteiger partial charge in [0.25, 0.3) is 0 Å². The predicted molar refractivity (Wildman–Crippen MR) is 63.0 cm³/mol. The smallest absolute Gasteiger partial charge is 0.233 e. The first-order valence-corrected chi connectivity index (χ1v) is 6.52. The second kappa shape index (κ2) is 5.46. The number of hydrogen-bond donors (Lipinski definition) is 2. The number of tetrazole rings is 1. The van der Waals surface area contributed by atoms with Crippen LogP contribution in [-0.2, 0) is 4.79 Å². The summed E-state index contributed by atoms with van der Waals surface area (Å²) in [6.07, 6.45) is 3.49. The quantitative estimate of drug-likeness (QED) is 0.328. The molecule has 1 fully saturated rings. The van der Waals surface area contributed by atoms with Crippen molar-refractivity contribution in [1.82, 2.24) is 25.6 Å². The van der Waals surface area contributed by atoms with E-state index >= 15 is 0 Å². The molecule has 94 valence electrons. The maximum absolute atomic E-state index is 11.0. The van der Waals surface area contributed by atoms with Crippen LogP contribution in [-0.4, -0.2) is 31.4 Å². The molecule has 1 aliphatic carbocycles. The Hall–Kier alpha value is -1.15. The van der Waals surface area contributed by atoms with Crippen molar-refractivity contribution >= 4 is 17.7 Å². The van der Waals surface area contributed by atoms with Crippen LogP contribution in [0, 0.1) is 0 Å². The van der Waals surface area contributed by atoms with Crippen molar-refractivity contribution in [3.63, 3.8) is 0 Å². The highest BCUT2D eigenvalue weighted by Crippen LogP contribution is 2.37. The van der Waals surface area contributed by atoms with Crippen LogP contribution in [0.15, 0.2) is 5.16 Å². The number of amides is 1. The van der Waals surface area contributed by atoms with Crippen molar-refractivity contribution < 1.29 is 4.79 Å². The topological polar surface area (TPSA) is 98.7 Å². The number of hydrogen-bond acceptors (Lipinski definition) is 6. The van der Waals surface area contributed by atoms with E-state index in [4.69, 9.17) is 5.84 Å². The van der Waals surface area contributed by atoms with Crippen molar-refractivity contribution in [1.29, 1.82) is 0 Å². The van der Waals surface area contributed by atoms with E-state index in [1.54, 1.807) is 11.8 Å². The van der Waals surface area contributed by atoms with Crippen LogP contribution in [0.5, 0.6) is 0 Å². The standard InChI is InChI=1S/C9H16N6OS/c1-6(2-5-8(16)11-10)17-9-12-13-14-15(9)7-3-4-7/h6-7H,2-5,10H2,1H3,(H,11,16). The molecule has 0 spiro atoms. The first-order valence-electron chi connectivity index (χ1n) is 5.64. The van der Waals surface area contributed by atoms with Crippen molar-refractivity contribution in [3.8, 4) is 0 Å². The fraction of sp³-hybridized carbons (Fsp3) is 0.778. The Bertz CT molecular complexity index is 391. The summed E-state index contributed by atoms with van der Waals surface area (Å²) >= 11 is 1.60. The van der Waals surface area contributed by atoms with E-state index in [2.05, 4.69) is 27.9 Å². The molecule has 1 aromatic heterocycles. The van der Waals surface area contributed by atoms with Crippen LogP contribution in [0.1, 0.15) is 38.6 Å². The molecule has 0 bridgehead atoms. The molecule has 0 saturated heterocycles. The van der Waals surface area contributed by atoms with E-state index in [1.165, 1.54) is 0 Å². The minimum absolute atomic E-state index is 0.140. The van der Waals surface area contributed by atoms with Crippen molar-refractivity contribution in [2.75, 3.05) is 0 Å². The average molecular weight is 256 g/mol. The third-order valence-corrected chi connectivity index (χ3v) is 3.72. The second-order valence-electron chi connectivity index (χ2n) is 4.17. The maximum Gasteiger partial charge on any atom is 0.233 e. The molecule has 1 unspecified atom stereocenters. The van der Waals surface area contributed by atoms with Gasteiger partial charge in [-0.15, -0.1) is 5.10 Å². The molecule has 1 saturated carbocycles. The zero-order valence-corrected chi connectivity index (χ0v) is 10.5. The summed E-state index contributed by atoms with van der Waals surface area (Å²) in [5.41, 5.74) is 2.13. The predicted octanol–water partition coefficient (Wildman–Crippen LogP) is 0.259. The number of nitrogens with one attached hydrogen (secondary N) is 1. The van der Waals surface area contributed by atoms with Gasteiger partial charge in [0.15, 0.2) is 0 Å². The Balaban J connectivity index is 1.82. The van der Waals surface area contributed by atoms with Crippen LogP contribution in [0.2, 0.25) is 0 Å². The van der Waals surface area contributed by atoms with Gasteiger partial charge in [0.2, 0.25) is 11.1 Å². The van der Waals surface area contributed by atoms with Crippen LogP contribution >= 0.6 is 11.8 Å². The summed E-state index contributed by atoms with van der Waals surface area (Å²) in [6, 6.07) is 0.479. The molecule has 0 aromatic carbocycles. The van der Waals surface area contributed by atoms with Gasteiger partial charge in [0.05, 0.1) is 6.04 Å². The Morgan fingerprint density at radius 3 is 3.12 bits per heavy atom. The molecule has 1 heterocycles. The lowest BCUT2D eigenvalue weighted by molar-refractivity contribution is -0.121. The van der Waals surface area contributed by atoms with Gasteiger partial charge in [-0.1, -0.05) is 18.7 Å². The van der Waals surface area contributed by atoms with Gasteiger partial charge in [-0.2, -0.15) is 0 Å². The number of aromatic nitrogens is 4. The summed E-state index contributed by atoms with van der Waals surface area (Å²) < 4.78 is 1.88. The van der Waals surface area contributed by atoms with Gasteiger partial charge < -0.3 is 0 Å². The average Bonchev–Trinajstić information content (AvgIpc) is 3.07. The molecule has 0 aliphatic heterocycles. The fourth-order valence-corrected chi connectivity index (χ4v) is 2.43. The first kappa shape index (κ1) is 12.3. The van der Waals surface area contributed by atoms with Gasteiger partial charge in [-0.25, -0.2) is 10.5 Å².